The van der Waals surface area contributed by atoms with Crippen molar-refractivity contribution in [1.29, 1.82) is 0 Å². The van der Waals surface area contributed by atoms with E-state index in [1.54, 1.807) is 6.07 Å². The van der Waals surface area contributed by atoms with Gasteiger partial charge >= 0.3 is 0 Å². The molecule has 0 spiro atoms. The first-order valence-electron chi connectivity index (χ1n) is 7.08. The Morgan fingerprint density at radius 2 is 1.95 bits per heavy atom. The molecule has 0 heterocycles. The molecule has 0 aliphatic heterocycles. The van der Waals surface area contributed by atoms with Crippen molar-refractivity contribution in [3.63, 3.8) is 0 Å². The minimum Gasteiger partial charge on any atom is -0.368 e. The first kappa shape index (κ1) is 15.4. The van der Waals surface area contributed by atoms with E-state index in [-0.39, 0.29) is 5.82 Å². The molecular formula is C15H20BrFN2O. The number of nitrogens with two attached hydrogens (primary N) is 1. The van der Waals surface area contributed by atoms with Gasteiger partial charge in [-0.1, -0.05) is 47.7 Å². The van der Waals surface area contributed by atoms with Crippen molar-refractivity contribution in [2.45, 2.75) is 50.6 Å². The molecule has 5 heteroatoms. The molecule has 110 valence electrons. The zero-order valence-corrected chi connectivity index (χ0v) is 13.0. The van der Waals surface area contributed by atoms with Gasteiger partial charge in [-0.15, -0.1) is 0 Å². The molecule has 0 radical (unpaired) electrons. The zero-order valence-electron chi connectivity index (χ0n) is 11.4. The molecule has 1 aromatic carbocycles. The van der Waals surface area contributed by atoms with E-state index < -0.39 is 11.9 Å². The molecule has 3 N–H and O–H groups in total. The minimum atomic E-state index is -0.576. The van der Waals surface area contributed by atoms with Gasteiger partial charge in [0.25, 0.3) is 0 Å². The standard InChI is InChI=1S/C15H20BrFN2O/c16-13-9-10(17)7-8-12(13)14(15(18)20)19-11-5-3-1-2-4-6-11/h7-9,11,14,19H,1-6H2,(H2,18,20). The fraction of sp³-hybridized carbons (Fsp3) is 0.533. The molecule has 1 amide bonds. The second-order valence-electron chi connectivity index (χ2n) is 5.36. The molecule has 1 unspecified atom stereocenters. The Labute approximate surface area is 127 Å². The number of primary amides is 1. The largest absolute Gasteiger partial charge is 0.368 e. The topological polar surface area (TPSA) is 55.1 Å². The van der Waals surface area contributed by atoms with Gasteiger partial charge in [0.15, 0.2) is 0 Å². The van der Waals surface area contributed by atoms with Gasteiger partial charge in [-0.05, 0) is 30.5 Å². The third-order valence-corrected chi connectivity index (χ3v) is 4.50. The maximum absolute atomic E-state index is 13.2. The Kier molecular flexibility index (Phi) is 5.54. The Bertz CT molecular complexity index is 473. The first-order valence-corrected chi connectivity index (χ1v) is 7.87. The number of amides is 1. The quantitative estimate of drug-likeness (QED) is 0.823. The Morgan fingerprint density at radius 1 is 1.30 bits per heavy atom. The van der Waals surface area contributed by atoms with Crippen LogP contribution >= 0.6 is 15.9 Å². The normalized spacial score (nSPS) is 18.5. The van der Waals surface area contributed by atoms with Gasteiger partial charge in [0.1, 0.15) is 11.9 Å². The van der Waals surface area contributed by atoms with E-state index in [9.17, 15) is 9.18 Å². The van der Waals surface area contributed by atoms with Gasteiger partial charge in [0.05, 0.1) is 0 Å². The molecule has 3 nitrogen and oxygen atoms in total. The monoisotopic (exact) mass is 342 g/mol. The highest BCUT2D eigenvalue weighted by Gasteiger charge is 2.24. The molecule has 0 aromatic heterocycles. The predicted molar refractivity (Wildman–Crippen MR) is 80.7 cm³/mol. The van der Waals surface area contributed by atoms with Crippen LogP contribution in [0.1, 0.15) is 50.1 Å². The van der Waals surface area contributed by atoms with Crippen LogP contribution in [-0.4, -0.2) is 11.9 Å². The molecule has 0 bridgehead atoms. The fourth-order valence-corrected chi connectivity index (χ4v) is 3.32. The number of hydrogen-bond acceptors (Lipinski definition) is 2. The van der Waals surface area contributed by atoms with Crippen LogP contribution in [0.25, 0.3) is 0 Å². The van der Waals surface area contributed by atoms with Crippen molar-refractivity contribution in [1.82, 2.24) is 5.32 Å². The molecule has 1 saturated carbocycles. The summed E-state index contributed by atoms with van der Waals surface area (Å²) in [4.78, 5) is 11.7. The average molecular weight is 343 g/mol. The maximum atomic E-state index is 13.2. The molecule has 1 aromatic rings. The van der Waals surface area contributed by atoms with Gasteiger partial charge in [0, 0.05) is 10.5 Å². The van der Waals surface area contributed by atoms with Crippen molar-refractivity contribution in [3.8, 4) is 0 Å². The van der Waals surface area contributed by atoms with E-state index in [0.29, 0.717) is 16.1 Å². The number of halogens is 2. The zero-order chi connectivity index (χ0) is 14.5. The number of rotatable bonds is 4. The molecule has 1 aliphatic rings. The lowest BCUT2D eigenvalue weighted by Crippen LogP contribution is -2.40. The predicted octanol–water partition coefficient (Wildman–Crippen LogP) is 3.43. The maximum Gasteiger partial charge on any atom is 0.239 e. The number of carbonyl (C=O) groups is 1. The Balaban J connectivity index is 2.15. The molecule has 1 atom stereocenters. The van der Waals surface area contributed by atoms with E-state index in [1.165, 1.54) is 37.8 Å². The van der Waals surface area contributed by atoms with Crippen LogP contribution in [0.15, 0.2) is 22.7 Å². The van der Waals surface area contributed by atoms with Crippen LogP contribution < -0.4 is 11.1 Å². The number of nitrogens with one attached hydrogen (secondary N) is 1. The van der Waals surface area contributed by atoms with Crippen molar-refractivity contribution in [3.05, 3.63) is 34.1 Å². The summed E-state index contributed by atoms with van der Waals surface area (Å²) in [6.07, 6.45) is 6.96. The number of hydrogen-bond donors (Lipinski definition) is 2. The van der Waals surface area contributed by atoms with Gasteiger partial charge in [0.2, 0.25) is 5.91 Å². The van der Waals surface area contributed by atoms with E-state index in [1.807, 2.05) is 0 Å². The van der Waals surface area contributed by atoms with E-state index in [0.717, 1.165) is 12.8 Å². The molecular weight excluding hydrogens is 323 g/mol. The number of carbonyl (C=O) groups excluding carboxylic acids is 1. The SMILES string of the molecule is NC(=O)C(NC1CCCCCC1)c1ccc(F)cc1Br. The van der Waals surface area contributed by atoms with Gasteiger partial charge in [-0.3, -0.25) is 10.1 Å². The molecule has 0 saturated heterocycles. The summed E-state index contributed by atoms with van der Waals surface area (Å²) in [5.41, 5.74) is 6.21. The third-order valence-electron chi connectivity index (χ3n) is 3.82. The third kappa shape index (κ3) is 4.03. The van der Waals surface area contributed by atoms with Crippen molar-refractivity contribution in [2.24, 2.45) is 5.73 Å². The van der Waals surface area contributed by atoms with Crippen LogP contribution in [0.2, 0.25) is 0 Å². The van der Waals surface area contributed by atoms with E-state index in [4.69, 9.17) is 5.73 Å². The summed E-state index contributed by atoms with van der Waals surface area (Å²) in [5, 5.41) is 3.34. The first-order chi connectivity index (χ1) is 9.58. The molecule has 20 heavy (non-hydrogen) atoms. The fourth-order valence-electron chi connectivity index (χ4n) is 2.74. The molecule has 1 aliphatic carbocycles. The lowest BCUT2D eigenvalue weighted by molar-refractivity contribution is -0.120. The summed E-state index contributed by atoms with van der Waals surface area (Å²) < 4.78 is 13.7. The van der Waals surface area contributed by atoms with E-state index in [2.05, 4.69) is 21.2 Å². The molecule has 2 rings (SSSR count). The Hall–Kier alpha value is -0.940. The highest BCUT2D eigenvalue weighted by Crippen LogP contribution is 2.27. The second kappa shape index (κ2) is 7.18. The lowest BCUT2D eigenvalue weighted by atomic mass is 10.0. The highest BCUT2D eigenvalue weighted by atomic mass is 79.9. The van der Waals surface area contributed by atoms with Crippen LogP contribution in [0.3, 0.4) is 0 Å². The summed E-state index contributed by atoms with van der Waals surface area (Å²) in [7, 11) is 0. The second-order valence-corrected chi connectivity index (χ2v) is 6.21. The smallest absolute Gasteiger partial charge is 0.239 e. The summed E-state index contributed by atoms with van der Waals surface area (Å²) in [6.45, 7) is 0. The van der Waals surface area contributed by atoms with Gasteiger partial charge in [-0.25, -0.2) is 4.39 Å². The van der Waals surface area contributed by atoms with Crippen molar-refractivity contribution >= 4 is 21.8 Å². The summed E-state index contributed by atoms with van der Waals surface area (Å²) >= 11 is 3.31. The van der Waals surface area contributed by atoms with Crippen LogP contribution in [0, 0.1) is 5.82 Å². The number of benzene rings is 1. The highest BCUT2D eigenvalue weighted by molar-refractivity contribution is 9.10. The lowest BCUT2D eigenvalue weighted by Gasteiger charge is -2.24. The minimum absolute atomic E-state index is 0.298. The Morgan fingerprint density at radius 3 is 2.50 bits per heavy atom. The van der Waals surface area contributed by atoms with Crippen molar-refractivity contribution in [2.75, 3.05) is 0 Å². The van der Waals surface area contributed by atoms with Crippen LogP contribution in [-0.2, 0) is 4.79 Å². The van der Waals surface area contributed by atoms with Crippen molar-refractivity contribution < 1.29 is 9.18 Å². The van der Waals surface area contributed by atoms with Gasteiger partial charge in [-0.2, -0.15) is 0 Å². The molecule has 1 fully saturated rings. The average Bonchev–Trinajstić information content (AvgIpc) is 2.65. The van der Waals surface area contributed by atoms with Crippen LogP contribution in [0.4, 0.5) is 4.39 Å². The van der Waals surface area contributed by atoms with Crippen LogP contribution in [0.5, 0.6) is 0 Å². The van der Waals surface area contributed by atoms with Gasteiger partial charge < -0.3 is 5.73 Å². The van der Waals surface area contributed by atoms with E-state index >= 15 is 0 Å². The summed E-state index contributed by atoms with van der Waals surface area (Å²) in [6, 6.07) is 4.05. The summed E-state index contributed by atoms with van der Waals surface area (Å²) in [5.74, 6) is -0.764.